The molecule has 1 heterocycles. The van der Waals surface area contributed by atoms with E-state index in [0.717, 1.165) is 0 Å². The van der Waals surface area contributed by atoms with Gasteiger partial charge in [-0.1, -0.05) is 11.6 Å². The Hall–Kier alpha value is -1.61. The number of rotatable bonds is 2. The average Bonchev–Trinajstić information content (AvgIpc) is 2.70. The van der Waals surface area contributed by atoms with Crippen LogP contribution in [0.1, 0.15) is 10.6 Å². The molecule has 4 heteroatoms. The second kappa shape index (κ2) is 3.87. The lowest BCUT2D eigenvalue weighted by atomic mass is 10.2. The lowest BCUT2D eigenvalue weighted by Crippen LogP contribution is -1.79. The van der Waals surface area contributed by atoms with E-state index < -0.39 is 5.82 Å². The molecule has 0 saturated heterocycles. The van der Waals surface area contributed by atoms with Gasteiger partial charge >= 0.3 is 0 Å². The lowest BCUT2D eigenvalue weighted by molar-refractivity contribution is 0.110. The molecule has 76 valence electrons. The van der Waals surface area contributed by atoms with E-state index in [9.17, 15) is 9.18 Å². The van der Waals surface area contributed by atoms with Gasteiger partial charge in [-0.15, -0.1) is 0 Å². The number of hydrogen-bond donors (Lipinski definition) is 0. The molecule has 2 aromatic rings. The molecular weight excluding hydrogens is 219 g/mol. The van der Waals surface area contributed by atoms with Gasteiger partial charge in [0.2, 0.25) is 0 Å². The van der Waals surface area contributed by atoms with E-state index in [0.29, 0.717) is 17.6 Å². The molecule has 0 radical (unpaired) electrons. The van der Waals surface area contributed by atoms with Crippen LogP contribution < -0.4 is 0 Å². The molecule has 0 amide bonds. The summed E-state index contributed by atoms with van der Waals surface area (Å²) in [4.78, 5) is 10.4. The third-order valence-electron chi connectivity index (χ3n) is 1.95. The van der Waals surface area contributed by atoms with Crippen LogP contribution in [0.25, 0.3) is 11.3 Å². The number of halogens is 2. The SMILES string of the molecule is O=Cc1ccc(-c2ccc(Cl)c(F)c2)o1. The van der Waals surface area contributed by atoms with Gasteiger partial charge < -0.3 is 4.42 Å². The molecule has 1 aromatic carbocycles. The maximum Gasteiger partial charge on any atom is 0.185 e. The zero-order valence-corrected chi connectivity index (χ0v) is 8.29. The van der Waals surface area contributed by atoms with E-state index in [-0.39, 0.29) is 10.8 Å². The van der Waals surface area contributed by atoms with E-state index in [1.165, 1.54) is 18.2 Å². The van der Waals surface area contributed by atoms with E-state index >= 15 is 0 Å². The summed E-state index contributed by atoms with van der Waals surface area (Å²) in [5.41, 5.74) is 0.546. The molecule has 15 heavy (non-hydrogen) atoms. The van der Waals surface area contributed by atoms with Gasteiger partial charge in [0.1, 0.15) is 11.6 Å². The molecule has 2 rings (SSSR count). The summed E-state index contributed by atoms with van der Waals surface area (Å²) in [7, 11) is 0. The Labute approximate surface area is 90.3 Å². The first kappa shape index (κ1) is 9.93. The summed E-state index contributed by atoms with van der Waals surface area (Å²) in [6.45, 7) is 0. The third kappa shape index (κ3) is 1.92. The minimum Gasteiger partial charge on any atom is -0.453 e. The maximum absolute atomic E-state index is 13.1. The van der Waals surface area contributed by atoms with Gasteiger partial charge in [0.15, 0.2) is 12.0 Å². The van der Waals surface area contributed by atoms with Crippen LogP contribution in [0, 0.1) is 5.82 Å². The van der Waals surface area contributed by atoms with E-state index in [1.54, 1.807) is 12.1 Å². The number of benzene rings is 1. The molecule has 1 aromatic heterocycles. The summed E-state index contributed by atoms with van der Waals surface area (Å²) in [6, 6.07) is 7.45. The van der Waals surface area contributed by atoms with Crippen molar-refractivity contribution in [3.05, 3.63) is 46.9 Å². The molecule has 0 spiro atoms. The van der Waals surface area contributed by atoms with Crippen LogP contribution in [0.3, 0.4) is 0 Å². The minimum atomic E-state index is -0.516. The van der Waals surface area contributed by atoms with Crippen LogP contribution in [0.4, 0.5) is 4.39 Å². The predicted octanol–water partition coefficient (Wildman–Crippen LogP) is 3.55. The summed E-state index contributed by atoms with van der Waals surface area (Å²) < 4.78 is 18.2. The third-order valence-corrected chi connectivity index (χ3v) is 2.25. The largest absolute Gasteiger partial charge is 0.453 e. The second-order valence-electron chi connectivity index (χ2n) is 2.95. The van der Waals surface area contributed by atoms with Crippen LogP contribution >= 0.6 is 11.6 Å². The summed E-state index contributed by atoms with van der Waals surface area (Å²) >= 11 is 5.54. The zero-order chi connectivity index (χ0) is 10.8. The zero-order valence-electron chi connectivity index (χ0n) is 7.54. The van der Waals surface area contributed by atoms with Crippen LogP contribution in [-0.4, -0.2) is 6.29 Å². The first-order valence-corrected chi connectivity index (χ1v) is 4.59. The fourth-order valence-electron chi connectivity index (χ4n) is 1.22. The Morgan fingerprint density at radius 3 is 2.67 bits per heavy atom. The molecule has 0 aliphatic heterocycles. The number of carbonyl (C=O) groups is 1. The monoisotopic (exact) mass is 224 g/mol. The van der Waals surface area contributed by atoms with Crippen molar-refractivity contribution in [1.29, 1.82) is 0 Å². The molecule has 0 fully saturated rings. The van der Waals surface area contributed by atoms with Crippen LogP contribution in [-0.2, 0) is 0 Å². The van der Waals surface area contributed by atoms with Crippen molar-refractivity contribution >= 4 is 17.9 Å². The quantitative estimate of drug-likeness (QED) is 0.731. The number of carbonyl (C=O) groups excluding carboxylic acids is 1. The van der Waals surface area contributed by atoms with Gasteiger partial charge in [-0.25, -0.2) is 4.39 Å². The highest BCUT2D eigenvalue weighted by Gasteiger charge is 2.07. The van der Waals surface area contributed by atoms with Gasteiger partial charge in [0, 0.05) is 5.56 Å². The Morgan fingerprint density at radius 2 is 2.07 bits per heavy atom. The van der Waals surface area contributed by atoms with Crippen LogP contribution in [0.2, 0.25) is 5.02 Å². The van der Waals surface area contributed by atoms with Gasteiger partial charge in [-0.2, -0.15) is 0 Å². The molecule has 0 unspecified atom stereocenters. The molecule has 0 N–H and O–H groups in total. The predicted molar refractivity (Wildman–Crippen MR) is 54.5 cm³/mol. The Bertz CT molecular complexity index is 505. The highest BCUT2D eigenvalue weighted by molar-refractivity contribution is 6.30. The average molecular weight is 225 g/mol. The van der Waals surface area contributed by atoms with Gasteiger partial charge in [0.05, 0.1) is 5.02 Å². The smallest absolute Gasteiger partial charge is 0.185 e. The number of furan rings is 1. The van der Waals surface area contributed by atoms with Crippen LogP contribution in [0.5, 0.6) is 0 Å². The van der Waals surface area contributed by atoms with E-state index in [2.05, 4.69) is 0 Å². The molecule has 0 aliphatic rings. The fourth-order valence-corrected chi connectivity index (χ4v) is 1.34. The van der Waals surface area contributed by atoms with Crippen molar-refractivity contribution < 1.29 is 13.6 Å². The fraction of sp³-hybridized carbons (Fsp3) is 0. The van der Waals surface area contributed by atoms with Crippen molar-refractivity contribution in [1.82, 2.24) is 0 Å². The Morgan fingerprint density at radius 1 is 1.27 bits per heavy atom. The molecule has 0 atom stereocenters. The van der Waals surface area contributed by atoms with E-state index in [1.807, 2.05) is 0 Å². The van der Waals surface area contributed by atoms with Crippen molar-refractivity contribution in [2.24, 2.45) is 0 Å². The molecular formula is C11H6ClFO2. The summed E-state index contributed by atoms with van der Waals surface area (Å²) in [6.07, 6.45) is 0.593. The van der Waals surface area contributed by atoms with Gasteiger partial charge in [0.25, 0.3) is 0 Å². The molecule has 2 nitrogen and oxygen atoms in total. The molecule has 0 saturated carbocycles. The van der Waals surface area contributed by atoms with Crippen molar-refractivity contribution in [2.75, 3.05) is 0 Å². The summed E-state index contributed by atoms with van der Waals surface area (Å²) in [5, 5.41) is 0.0564. The first-order valence-electron chi connectivity index (χ1n) is 4.21. The van der Waals surface area contributed by atoms with Crippen LogP contribution in [0.15, 0.2) is 34.7 Å². The molecule has 0 aliphatic carbocycles. The Kier molecular flexibility index (Phi) is 2.56. The second-order valence-corrected chi connectivity index (χ2v) is 3.36. The lowest BCUT2D eigenvalue weighted by Gasteiger charge is -1.98. The highest BCUT2D eigenvalue weighted by Crippen LogP contribution is 2.25. The normalized spacial score (nSPS) is 10.3. The van der Waals surface area contributed by atoms with E-state index in [4.69, 9.17) is 16.0 Å². The van der Waals surface area contributed by atoms with Crippen molar-refractivity contribution in [2.45, 2.75) is 0 Å². The highest BCUT2D eigenvalue weighted by atomic mass is 35.5. The summed E-state index contributed by atoms with van der Waals surface area (Å²) in [5.74, 6) is 0.131. The topological polar surface area (TPSA) is 30.2 Å². The molecule has 0 bridgehead atoms. The van der Waals surface area contributed by atoms with Crippen molar-refractivity contribution in [3.63, 3.8) is 0 Å². The Balaban J connectivity index is 2.44. The number of aldehydes is 1. The minimum absolute atomic E-state index is 0.0564. The number of hydrogen-bond acceptors (Lipinski definition) is 2. The standard InChI is InChI=1S/C11H6ClFO2/c12-9-3-1-7(5-10(9)13)11-4-2-8(6-14)15-11/h1-6H. The first-order chi connectivity index (χ1) is 7.20. The van der Waals surface area contributed by atoms with Crippen molar-refractivity contribution in [3.8, 4) is 11.3 Å². The van der Waals surface area contributed by atoms with Gasteiger partial charge in [-0.05, 0) is 30.3 Å². The van der Waals surface area contributed by atoms with Gasteiger partial charge in [-0.3, -0.25) is 4.79 Å². The maximum atomic E-state index is 13.1.